The molecule has 0 saturated carbocycles. The highest BCUT2D eigenvalue weighted by molar-refractivity contribution is 5.50. The molecule has 0 unspecified atom stereocenters. The van der Waals surface area contributed by atoms with Crippen molar-refractivity contribution in [3.63, 3.8) is 0 Å². The van der Waals surface area contributed by atoms with Crippen molar-refractivity contribution in [1.29, 1.82) is 0 Å². The first kappa shape index (κ1) is 11.6. The van der Waals surface area contributed by atoms with Crippen LogP contribution in [0.2, 0.25) is 0 Å². The molecule has 90 valence electrons. The Bertz CT molecular complexity index is 505. The van der Waals surface area contributed by atoms with Crippen LogP contribution < -0.4 is 5.32 Å². The van der Waals surface area contributed by atoms with Crippen LogP contribution in [0.3, 0.4) is 0 Å². The van der Waals surface area contributed by atoms with Crippen LogP contribution in [0.15, 0.2) is 30.7 Å². The van der Waals surface area contributed by atoms with Gasteiger partial charge >= 0.3 is 0 Å². The SMILES string of the molecule is CCn1cncc1CNc1ccc(F)cc1C. The lowest BCUT2D eigenvalue weighted by molar-refractivity contribution is 0.627. The summed E-state index contributed by atoms with van der Waals surface area (Å²) in [4.78, 5) is 4.10. The minimum atomic E-state index is -0.202. The Hall–Kier alpha value is -1.84. The minimum absolute atomic E-state index is 0.202. The largest absolute Gasteiger partial charge is 0.379 e. The predicted molar refractivity (Wildman–Crippen MR) is 66.4 cm³/mol. The number of aromatic nitrogens is 2. The molecule has 1 aromatic carbocycles. The van der Waals surface area contributed by atoms with Crippen molar-refractivity contribution in [3.8, 4) is 0 Å². The maximum Gasteiger partial charge on any atom is 0.123 e. The van der Waals surface area contributed by atoms with E-state index < -0.39 is 0 Å². The average Bonchev–Trinajstić information content (AvgIpc) is 2.75. The van der Waals surface area contributed by atoms with Gasteiger partial charge in [0.25, 0.3) is 0 Å². The smallest absolute Gasteiger partial charge is 0.123 e. The van der Waals surface area contributed by atoms with E-state index in [9.17, 15) is 4.39 Å². The lowest BCUT2D eigenvalue weighted by atomic mass is 10.2. The van der Waals surface area contributed by atoms with E-state index in [2.05, 4.69) is 21.8 Å². The summed E-state index contributed by atoms with van der Waals surface area (Å²) < 4.78 is 15.0. The summed E-state index contributed by atoms with van der Waals surface area (Å²) in [5, 5.41) is 3.29. The summed E-state index contributed by atoms with van der Waals surface area (Å²) in [6, 6.07) is 4.75. The normalized spacial score (nSPS) is 10.5. The first-order chi connectivity index (χ1) is 8.20. The van der Waals surface area contributed by atoms with Crippen LogP contribution in [-0.4, -0.2) is 9.55 Å². The quantitative estimate of drug-likeness (QED) is 0.879. The van der Waals surface area contributed by atoms with Gasteiger partial charge in [-0.25, -0.2) is 9.37 Å². The molecule has 0 radical (unpaired) electrons. The van der Waals surface area contributed by atoms with Crippen molar-refractivity contribution in [2.24, 2.45) is 0 Å². The fourth-order valence-corrected chi connectivity index (χ4v) is 1.79. The molecule has 0 amide bonds. The molecule has 0 aliphatic rings. The highest BCUT2D eigenvalue weighted by Crippen LogP contribution is 2.16. The first-order valence-electron chi connectivity index (χ1n) is 5.69. The molecule has 1 heterocycles. The monoisotopic (exact) mass is 233 g/mol. The second kappa shape index (κ2) is 4.99. The van der Waals surface area contributed by atoms with E-state index in [-0.39, 0.29) is 5.82 Å². The molecule has 2 rings (SSSR count). The Labute approximate surface area is 100 Å². The van der Waals surface area contributed by atoms with Crippen molar-refractivity contribution in [2.75, 3.05) is 5.32 Å². The van der Waals surface area contributed by atoms with Crippen LogP contribution in [0, 0.1) is 12.7 Å². The number of anilines is 1. The third-order valence-electron chi connectivity index (χ3n) is 2.79. The molecule has 1 N–H and O–H groups in total. The number of halogens is 1. The lowest BCUT2D eigenvalue weighted by Gasteiger charge is -2.10. The van der Waals surface area contributed by atoms with Gasteiger partial charge in [0.05, 0.1) is 18.6 Å². The molecule has 0 fully saturated rings. The van der Waals surface area contributed by atoms with Gasteiger partial charge in [0, 0.05) is 18.4 Å². The molecule has 1 aromatic heterocycles. The van der Waals surface area contributed by atoms with Crippen molar-refractivity contribution in [3.05, 3.63) is 47.8 Å². The van der Waals surface area contributed by atoms with E-state index in [4.69, 9.17) is 0 Å². The number of aryl methyl sites for hydroxylation is 2. The molecule has 0 saturated heterocycles. The number of hydrogen-bond donors (Lipinski definition) is 1. The molecule has 4 heteroatoms. The molecule has 3 nitrogen and oxygen atoms in total. The fraction of sp³-hybridized carbons (Fsp3) is 0.308. The van der Waals surface area contributed by atoms with Crippen LogP contribution in [0.1, 0.15) is 18.2 Å². The molecule has 2 aromatic rings. The van der Waals surface area contributed by atoms with E-state index in [1.165, 1.54) is 12.1 Å². The minimum Gasteiger partial charge on any atom is -0.379 e. The zero-order valence-corrected chi connectivity index (χ0v) is 10.1. The van der Waals surface area contributed by atoms with Gasteiger partial charge in [-0.2, -0.15) is 0 Å². The third kappa shape index (κ3) is 2.64. The Morgan fingerprint density at radius 1 is 1.41 bits per heavy atom. The van der Waals surface area contributed by atoms with Gasteiger partial charge in [0.1, 0.15) is 5.82 Å². The van der Waals surface area contributed by atoms with Gasteiger partial charge in [0.2, 0.25) is 0 Å². The second-order valence-electron chi connectivity index (χ2n) is 3.98. The number of imidazole rings is 1. The van der Waals surface area contributed by atoms with E-state index in [1.54, 1.807) is 6.07 Å². The number of benzene rings is 1. The van der Waals surface area contributed by atoms with Gasteiger partial charge in [-0.15, -0.1) is 0 Å². The van der Waals surface area contributed by atoms with Crippen LogP contribution >= 0.6 is 0 Å². The number of nitrogens with zero attached hydrogens (tertiary/aromatic N) is 2. The molecule has 0 bridgehead atoms. The Morgan fingerprint density at radius 2 is 2.24 bits per heavy atom. The maximum absolute atomic E-state index is 12.9. The number of rotatable bonds is 4. The lowest BCUT2D eigenvalue weighted by Crippen LogP contribution is -2.06. The van der Waals surface area contributed by atoms with Crippen LogP contribution in [0.25, 0.3) is 0 Å². The Kier molecular flexibility index (Phi) is 3.42. The molecular weight excluding hydrogens is 217 g/mol. The molecule has 0 aliphatic carbocycles. The highest BCUT2D eigenvalue weighted by atomic mass is 19.1. The topological polar surface area (TPSA) is 29.9 Å². The highest BCUT2D eigenvalue weighted by Gasteiger charge is 2.02. The summed E-state index contributed by atoms with van der Waals surface area (Å²) in [5.41, 5.74) is 2.99. The molecule has 0 aliphatic heterocycles. The molecular formula is C13H16FN3. The molecule has 0 spiro atoms. The average molecular weight is 233 g/mol. The number of nitrogens with one attached hydrogen (secondary N) is 1. The number of hydrogen-bond acceptors (Lipinski definition) is 2. The first-order valence-corrected chi connectivity index (χ1v) is 5.69. The second-order valence-corrected chi connectivity index (χ2v) is 3.98. The van der Waals surface area contributed by atoms with Gasteiger partial charge in [-0.1, -0.05) is 0 Å². The Morgan fingerprint density at radius 3 is 2.94 bits per heavy atom. The van der Waals surface area contributed by atoms with E-state index in [1.807, 2.05) is 19.4 Å². The van der Waals surface area contributed by atoms with E-state index >= 15 is 0 Å². The fourth-order valence-electron chi connectivity index (χ4n) is 1.79. The van der Waals surface area contributed by atoms with E-state index in [0.717, 1.165) is 23.5 Å². The van der Waals surface area contributed by atoms with Gasteiger partial charge < -0.3 is 9.88 Å². The summed E-state index contributed by atoms with van der Waals surface area (Å²) >= 11 is 0. The Balaban J connectivity index is 2.07. The predicted octanol–water partition coefficient (Wildman–Crippen LogP) is 2.96. The third-order valence-corrected chi connectivity index (χ3v) is 2.79. The van der Waals surface area contributed by atoms with Crippen molar-refractivity contribution < 1.29 is 4.39 Å². The summed E-state index contributed by atoms with van der Waals surface area (Å²) in [7, 11) is 0. The zero-order valence-electron chi connectivity index (χ0n) is 10.1. The molecule has 0 atom stereocenters. The zero-order chi connectivity index (χ0) is 12.3. The standard InChI is InChI=1S/C13H16FN3/c1-3-17-9-15-7-12(17)8-16-13-5-4-11(14)6-10(13)2/h4-7,9,16H,3,8H2,1-2H3. The van der Waals surface area contributed by atoms with Crippen LogP contribution in [0.5, 0.6) is 0 Å². The van der Waals surface area contributed by atoms with Gasteiger partial charge in [0.15, 0.2) is 0 Å². The van der Waals surface area contributed by atoms with Gasteiger partial charge in [-0.05, 0) is 37.6 Å². The summed E-state index contributed by atoms with van der Waals surface area (Å²) in [6.45, 7) is 5.57. The van der Waals surface area contributed by atoms with Crippen LogP contribution in [0.4, 0.5) is 10.1 Å². The van der Waals surface area contributed by atoms with Gasteiger partial charge in [-0.3, -0.25) is 0 Å². The summed E-state index contributed by atoms with van der Waals surface area (Å²) in [6.07, 6.45) is 3.66. The van der Waals surface area contributed by atoms with Crippen molar-refractivity contribution in [2.45, 2.75) is 26.9 Å². The summed E-state index contributed by atoms with van der Waals surface area (Å²) in [5.74, 6) is -0.202. The van der Waals surface area contributed by atoms with Crippen molar-refractivity contribution in [1.82, 2.24) is 9.55 Å². The van der Waals surface area contributed by atoms with Crippen molar-refractivity contribution >= 4 is 5.69 Å². The maximum atomic E-state index is 12.9. The van der Waals surface area contributed by atoms with E-state index in [0.29, 0.717) is 6.54 Å². The molecule has 17 heavy (non-hydrogen) atoms. The van der Waals surface area contributed by atoms with Crippen LogP contribution in [-0.2, 0) is 13.1 Å².